The molecule has 302 valence electrons. The van der Waals surface area contributed by atoms with Gasteiger partial charge >= 0.3 is 5.97 Å². The fourth-order valence-electron chi connectivity index (χ4n) is 5.48. The number of hydrogen-bond donors (Lipinski definition) is 7. The van der Waals surface area contributed by atoms with Crippen molar-refractivity contribution >= 4 is 78.9 Å². The molecular weight excluding hydrogens is 809 g/mol. The van der Waals surface area contributed by atoms with Crippen molar-refractivity contribution in [2.45, 2.75) is 37.1 Å². The molecule has 0 saturated carbocycles. The Morgan fingerprint density at radius 3 is 2.19 bits per heavy atom. The van der Waals surface area contributed by atoms with E-state index in [1.54, 1.807) is 13.8 Å². The van der Waals surface area contributed by atoms with Crippen molar-refractivity contribution in [3.05, 3.63) is 81.1 Å². The maximum Gasteiger partial charge on any atom is 0.338 e. The molecule has 1 amide bonds. The van der Waals surface area contributed by atoms with E-state index in [2.05, 4.69) is 40.1 Å². The average molecular weight is 839 g/mol. The lowest BCUT2D eigenvalue weighted by molar-refractivity contribution is -0.432. The molecule has 0 bridgehead atoms. The zero-order valence-corrected chi connectivity index (χ0v) is 31.9. The number of aromatic nitrogens is 1. The second-order valence-corrected chi connectivity index (χ2v) is 14.0. The topological polar surface area (TPSA) is 340 Å². The number of carbonyl (C=O) groups is 2. The van der Waals surface area contributed by atoms with E-state index >= 15 is 0 Å². The summed E-state index contributed by atoms with van der Waals surface area (Å²) in [4.78, 5) is 36.0. The molecule has 0 saturated heterocycles. The van der Waals surface area contributed by atoms with Crippen LogP contribution in [0.25, 0.3) is 10.8 Å². The number of benzene rings is 4. The minimum atomic E-state index is -4.75. The molecule has 0 aliphatic rings. The fourth-order valence-corrected chi connectivity index (χ4v) is 6.52. The van der Waals surface area contributed by atoms with Gasteiger partial charge in [-0.1, -0.05) is 5.04 Å². The van der Waals surface area contributed by atoms with Crippen LogP contribution in [0.15, 0.2) is 93.8 Å². The van der Waals surface area contributed by atoms with Crippen LogP contribution in [0, 0.1) is 13.8 Å². The number of ether oxygens (including phenoxy) is 1. The molecular formula is C34H30N8O14S2. The first-order valence-corrected chi connectivity index (χ1v) is 18.3. The van der Waals surface area contributed by atoms with Gasteiger partial charge in [-0.25, -0.2) is 10.1 Å². The highest BCUT2D eigenvalue weighted by molar-refractivity contribution is 7.94. The molecule has 24 heteroatoms. The van der Waals surface area contributed by atoms with Crippen LogP contribution < -0.4 is 16.0 Å². The minimum Gasteiger partial charge on any atom is -0.507 e. The molecule has 22 nitrogen and oxygen atoms in total. The van der Waals surface area contributed by atoms with Crippen LogP contribution in [0.2, 0.25) is 0 Å². The molecule has 0 aliphatic heterocycles. The molecule has 5 aromatic rings. The number of azo groups is 3. The van der Waals surface area contributed by atoms with Gasteiger partial charge in [0.2, 0.25) is 5.88 Å². The van der Waals surface area contributed by atoms with Crippen molar-refractivity contribution < 1.29 is 62.4 Å². The molecule has 0 fully saturated rings. The summed E-state index contributed by atoms with van der Waals surface area (Å²) in [6.45, 7) is 4.51. The lowest BCUT2D eigenvalue weighted by atomic mass is 10.1. The number of aromatic hydroxyl groups is 3. The number of aromatic carboxylic acids is 1. The van der Waals surface area contributed by atoms with Gasteiger partial charge in [-0.05, 0) is 68.1 Å². The minimum absolute atomic E-state index is 0.00473. The number of fused-ring (bicyclic) bond motifs is 1. The van der Waals surface area contributed by atoms with Gasteiger partial charge in [0, 0.05) is 24.2 Å². The summed E-state index contributed by atoms with van der Waals surface area (Å²) in [5, 5.41) is 78.6. The predicted molar refractivity (Wildman–Crippen MR) is 203 cm³/mol. The zero-order chi connectivity index (χ0) is 42.6. The number of hydrogen-bond acceptors (Lipinski definition) is 19. The molecule has 0 unspecified atom stereocenters. The smallest absolute Gasteiger partial charge is 0.338 e. The Morgan fingerprint density at radius 1 is 0.897 bits per heavy atom. The Bertz CT molecular complexity index is 2770. The lowest BCUT2D eigenvalue weighted by Gasteiger charge is -2.12. The van der Waals surface area contributed by atoms with Gasteiger partial charge in [0.05, 0.1) is 51.3 Å². The van der Waals surface area contributed by atoms with Crippen LogP contribution in [-0.2, 0) is 26.0 Å². The van der Waals surface area contributed by atoms with E-state index in [1.165, 1.54) is 44.4 Å². The summed E-state index contributed by atoms with van der Waals surface area (Å²) in [6.07, 6.45) is 0. The molecule has 5 rings (SSSR count). The van der Waals surface area contributed by atoms with E-state index in [4.69, 9.17) is 15.7 Å². The van der Waals surface area contributed by atoms with Crippen LogP contribution in [0.5, 0.6) is 23.1 Å². The second-order valence-electron chi connectivity index (χ2n) is 11.8. The number of primary amides is 1. The molecule has 0 radical (unpaired) electrons. The highest BCUT2D eigenvalue weighted by Gasteiger charge is 2.23. The number of nitrogens with zero attached hydrogens (tertiary/aromatic N) is 7. The van der Waals surface area contributed by atoms with Crippen LogP contribution >= 0.6 is 12.0 Å². The van der Waals surface area contributed by atoms with Gasteiger partial charge in [-0.2, -0.15) is 18.6 Å². The van der Waals surface area contributed by atoms with Crippen molar-refractivity contribution in [3.8, 4) is 23.1 Å². The third kappa shape index (κ3) is 8.60. The molecule has 0 aliphatic carbocycles. The number of phenolic OH excluding ortho intramolecular Hbond substituents is 2. The predicted octanol–water partition coefficient (Wildman–Crippen LogP) is 7.48. The summed E-state index contributed by atoms with van der Waals surface area (Å²) in [5.74, 6) is -4.34. The van der Waals surface area contributed by atoms with Gasteiger partial charge in [0.25, 0.3) is 21.6 Å². The third-order valence-corrected chi connectivity index (χ3v) is 9.72. The molecule has 8 N–H and O–H groups in total. The molecule has 1 heterocycles. The average Bonchev–Trinajstić information content (AvgIpc) is 3.15. The van der Waals surface area contributed by atoms with E-state index in [1.807, 2.05) is 0 Å². The standard InChI is InChI=1S/C34H30N8O14S2/c1-5-42-32(46)26(31(35)45)15(3)28(33(42)47)40-36-17-6-7-20(19(11-17)34(48)49)37-38-21-13-24(54-4)22(8-14(21)2)39-41-29-25(57-56-55-50)10-16-9-18(58(51,52)53)12-23(43)27(16)30(29)44/h6-13,43-44,47,50H,5H2,1-4H3,(H2,35,45)(H,48,49)(H,51,52,53)/b38-37+,40-36+,41-39+. The number of nitrogens with two attached hydrogens (primary N) is 1. The molecule has 1 aromatic heterocycles. The summed E-state index contributed by atoms with van der Waals surface area (Å²) in [6, 6.07) is 9.54. The van der Waals surface area contributed by atoms with Crippen molar-refractivity contribution in [3.63, 3.8) is 0 Å². The number of carboxylic acids is 1. The number of carbonyl (C=O) groups excluding carboxylic acids is 1. The van der Waals surface area contributed by atoms with E-state index in [0.717, 1.165) is 16.7 Å². The summed E-state index contributed by atoms with van der Waals surface area (Å²) in [7, 11) is -3.45. The molecule has 0 spiro atoms. The SMILES string of the molecule is CCn1c(O)c(/N=N/c2ccc(/N=N/c3cc(OC)c(/N=N/c4c(SOOO)cc5cc(S(=O)(=O)O)cc(O)c5c4O)cc3C)c(C(=O)O)c2)c(C)c(C(N)=O)c1=O. The molecule has 4 aromatic carbocycles. The van der Waals surface area contributed by atoms with Crippen molar-refractivity contribution in [1.29, 1.82) is 0 Å². The van der Waals surface area contributed by atoms with E-state index in [9.17, 15) is 47.8 Å². The van der Waals surface area contributed by atoms with Crippen LogP contribution in [0.1, 0.15) is 38.8 Å². The monoisotopic (exact) mass is 838 g/mol. The lowest BCUT2D eigenvalue weighted by Crippen LogP contribution is -2.30. The van der Waals surface area contributed by atoms with E-state index in [-0.39, 0.29) is 73.2 Å². The van der Waals surface area contributed by atoms with Crippen molar-refractivity contribution in [1.82, 2.24) is 4.57 Å². The number of rotatable bonds is 14. The van der Waals surface area contributed by atoms with Crippen molar-refractivity contribution in [2.24, 2.45) is 36.4 Å². The Hall–Kier alpha value is -6.83. The largest absolute Gasteiger partial charge is 0.507 e. The quantitative estimate of drug-likeness (QED) is 0.0187. The molecule has 0 atom stereocenters. The normalized spacial score (nSPS) is 12.0. The van der Waals surface area contributed by atoms with E-state index < -0.39 is 55.4 Å². The third-order valence-electron chi connectivity index (χ3n) is 8.27. The van der Waals surface area contributed by atoms with Gasteiger partial charge < -0.3 is 30.9 Å². The number of methoxy groups -OCH3 is 1. The Balaban J connectivity index is 1.49. The number of aryl methyl sites for hydroxylation is 1. The summed E-state index contributed by atoms with van der Waals surface area (Å²) >= 11 is 0.332. The highest BCUT2D eigenvalue weighted by Crippen LogP contribution is 2.48. The van der Waals surface area contributed by atoms with Crippen LogP contribution in [0.4, 0.5) is 34.1 Å². The van der Waals surface area contributed by atoms with Gasteiger partial charge in [-0.15, -0.1) is 24.8 Å². The number of phenols is 2. The summed E-state index contributed by atoms with van der Waals surface area (Å²) < 4.78 is 43.6. The van der Waals surface area contributed by atoms with Gasteiger partial charge in [0.15, 0.2) is 5.75 Å². The Kier molecular flexibility index (Phi) is 12.5. The second kappa shape index (κ2) is 17.1. The number of carboxylic acid groups (broad SMARTS) is 1. The Labute approximate surface area is 330 Å². The maximum absolute atomic E-state index is 12.6. The number of pyridine rings is 1. The summed E-state index contributed by atoms with van der Waals surface area (Å²) in [5.41, 5.74) is 3.89. The van der Waals surface area contributed by atoms with E-state index in [0.29, 0.717) is 23.7 Å². The van der Waals surface area contributed by atoms with Crippen molar-refractivity contribution in [2.75, 3.05) is 7.11 Å². The highest BCUT2D eigenvalue weighted by atomic mass is 32.2. The Morgan fingerprint density at radius 2 is 1.57 bits per heavy atom. The first kappa shape index (κ1) is 42.3. The zero-order valence-electron chi connectivity index (χ0n) is 30.3. The van der Waals surface area contributed by atoms with Gasteiger partial charge in [-0.3, -0.25) is 18.7 Å². The number of amides is 1. The van der Waals surface area contributed by atoms with Crippen LogP contribution in [0.3, 0.4) is 0 Å². The van der Waals surface area contributed by atoms with Crippen LogP contribution in [-0.4, -0.2) is 62.2 Å². The van der Waals surface area contributed by atoms with Gasteiger partial charge in [0.1, 0.15) is 39.8 Å². The first-order chi connectivity index (χ1) is 27.4. The maximum atomic E-state index is 12.6. The molecule has 58 heavy (non-hydrogen) atoms. The fraction of sp³-hybridized carbons (Fsp3) is 0.147. The first-order valence-electron chi connectivity index (χ1n) is 16.1.